The molecule has 0 radical (unpaired) electrons. The van der Waals surface area contributed by atoms with E-state index in [0.717, 1.165) is 24.3 Å². The van der Waals surface area contributed by atoms with E-state index in [2.05, 4.69) is 31.4 Å². The Bertz CT molecular complexity index is 275. The lowest BCUT2D eigenvalue weighted by atomic mass is 9.49. The van der Waals surface area contributed by atoms with Crippen LogP contribution >= 0.6 is 0 Å². The van der Waals surface area contributed by atoms with Gasteiger partial charge >= 0.3 is 0 Å². The van der Waals surface area contributed by atoms with E-state index in [1.165, 1.54) is 25.8 Å². The Kier molecular flexibility index (Phi) is 3.92. The van der Waals surface area contributed by atoms with Crippen molar-refractivity contribution in [2.45, 2.75) is 71.4 Å². The normalized spacial score (nSPS) is 42.0. The molecule has 0 spiro atoms. The average Bonchev–Trinajstić information content (AvgIpc) is 2.32. The molecule has 4 fully saturated rings. The van der Waals surface area contributed by atoms with E-state index >= 15 is 0 Å². The Morgan fingerprint density at radius 2 is 1.42 bits per heavy atom. The monoisotopic (exact) mass is 264 g/mol. The molecule has 0 aromatic heterocycles. The summed E-state index contributed by atoms with van der Waals surface area (Å²) in [6.07, 6.45) is 9.25. The van der Waals surface area contributed by atoms with Gasteiger partial charge in [0.05, 0.1) is 0 Å². The van der Waals surface area contributed by atoms with Crippen LogP contribution in [0.5, 0.6) is 0 Å². The maximum Gasteiger partial charge on any atom is 0.0164 e. The van der Waals surface area contributed by atoms with Crippen LogP contribution in [0.2, 0.25) is 0 Å². The smallest absolute Gasteiger partial charge is 0.0164 e. The number of hydrogen-bond acceptors (Lipinski definition) is 2. The van der Waals surface area contributed by atoms with Gasteiger partial charge in [0.1, 0.15) is 0 Å². The predicted octanol–water partition coefficient (Wildman–Crippen LogP) is 3.18. The van der Waals surface area contributed by atoms with Gasteiger partial charge in [0.2, 0.25) is 0 Å². The van der Waals surface area contributed by atoms with Crippen molar-refractivity contribution in [1.82, 2.24) is 10.6 Å². The van der Waals surface area contributed by atoms with E-state index in [1.54, 1.807) is 19.3 Å². The lowest BCUT2D eigenvalue weighted by Crippen LogP contribution is -2.52. The minimum Gasteiger partial charge on any atom is -0.313 e. The first-order valence-electron chi connectivity index (χ1n) is 8.51. The first-order valence-corrected chi connectivity index (χ1v) is 8.51. The summed E-state index contributed by atoms with van der Waals surface area (Å²) in [5, 5.41) is 7.37. The van der Waals surface area contributed by atoms with E-state index in [4.69, 9.17) is 0 Å². The van der Waals surface area contributed by atoms with Gasteiger partial charge in [0, 0.05) is 25.2 Å². The molecule has 2 N–H and O–H groups in total. The third kappa shape index (κ3) is 3.16. The quantitative estimate of drug-likeness (QED) is 0.770. The van der Waals surface area contributed by atoms with Crippen LogP contribution in [-0.4, -0.2) is 25.2 Å². The highest BCUT2D eigenvalue weighted by Gasteiger charge is 2.50. The lowest BCUT2D eigenvalue weighted by molar-refractivity contribution is -0.0522. The highest BCUT2D eigenvalue weighted by Crippen LogP contribution is 2.59. The Labute approximate surface area is 119 Å². The van der Waals surface area contributed by atoms with E-state index in [-0.39, 0.29) is 0 Å². The molecule has 0 saturated heterocycles. The molecule has 0 aromatic rings. The van der Waals surface area contributed by atoms with Crippen molar-refractivity contribution in [3.63, 3.8) is 0 Å². The summed E-state index contributed by atoms with van der Waals surface area (Å²) in [7, 11) is 0. The van der Waals surface area contributed by atoms with Gasteiger partial charge in [-0.3, -0.25) is 0 Å². The van der Waals surface area contributed by atoms with Gasteiger partial charge in [-0.25, -0.2) is 0 Å². The molecule has 4 saturated carbocycles. The maximum absolute atomic E-state index is 3.83. The molecule has 1 atom stereocenters. The van der Waals surface area contributed by atoms with Gasteiger partial charge in [-0.05, 0) is 68.6 Å². The van der Waals surface area contributed by atoms with Crippen molar-refractivity contribution in [2.24, 2.45) is 23.2 Å². The summed E-state index contributed by atoms with van der Waals surface area (Å²) in [5.74, 6) is 3.24. The van der Waals surface area contributed by atoms with E-state index in [9.17, 15) is 0 Å². The summed E-state index contributed by atoms with van der Waals surface area (Å²) >= 11 is 0. The van der Waals surface area contributed by atoms with Crippen LogP contribution in [-0.2, 0) is 0 Å². The average molecular weight is 264 g/mol. The minimum atomic E-state index is 0.601. The van der Waals surface area contributed by atoms with Gasteiger partial charge in [-0.2, -0.15) is 0 Å². The van der Waals surface area contributed by atoms with Gasteiger partial charge in [-0.1, -0.05) is 13.8 Å². The molecule has 4 aliphatic carbocycles. The molecule has 0 aromatic carbocycles. The third-order valence-electron chi connectivity index (χ3n) is 5.82. The lowest BCUT2D eigenvalue weighted by Gasteiger charge is -2.57. The van der Waals surface area contributed by atoms with Crippen LogP contribution in [0.25, 0.3) is 0 Å². The van der Waals surface area contributed by atoms with Crippen LogP contribution in [0, 0.1) is 23.2 Å². The van der Waals surface area contributed by atoms with E-state index in [1.807, 2.05) is 0 Å². The zero-order valence-electron chi connectivity index (χ0n) is 13.0. The zero-order chi connectivity index (χ0) is 13.5. The first-order chi connectivity index (χ1) is 9.05. The number of hydrogen-bond donors (Lipinski definition) is 2. The van der Waals surface area contributed by atoms with Gasteiger partial charge in [0.15, 0.2) is 0 Å². The zero-order valence-corrected chi connectivity index (χ0v) is 13.0. The van der Waals surface area contributed by atoms with Crippen molar-refractivity contribution in [3.05, 3.63) is 0 Å². The third-order valence-corrected chi connectivity index (χ3v) is 5.82. The molecular weight excluding hydrogens is 232 g/mol. The number of rotatable bonds is 6. The minimum absolute atomic E-state index is 0.601. The number of nitrogens with one attached hydrogen (secondary N) is 2. The largest absolute Gasteiger partial charge is 0.313 e. The summed E-state index contributed by atoms with van der Waals surface area (Å²) in [4.78, 5) is 0. The van der Waals surface area contributed by atoms with Gasteiger partial charge < -0.3 is 10.6 Å². The van der Waals surface area contributed by atoms with E-state index in [0.29, 0.717) is 17.5 Å². The molecule has 0 aliphatic heterocycles. The fourth-order valence-electron chi connectivity index (χ4n) is 5.38. The molecule has 4 rings (SSSR count). The molecule has 110 valence electrons. The maximum atomic E-state index is 3.83. The van der Waals surface area contributed by atoms with Crippen molar-refractivity contribution >= 4 is 0 Å². The molecule has 2 heteroatoms. The molecule has 4 aliphatic rings. The second kappa shape index (κ2) is 5.37. The van der Waals surface area contributed by atoms with Crippen molar-refractivity contribution in [2.75, 3.05) is 13.1 Å². The highest BCUT2D eigenvalue weighted by molar-refractivity contribution is 5.02. The summed E-state index contributed by atoms with van der Waals surface area (Å²) in [5.41, 5.74) is 0.681. The Hall–Kier alpha value is -0.0800. The molecule has 0 amide bonds. The van der Waals surface area contributed by atoms with Crippen molar-refractivity contribution in [1.29, 1.82) is 0 Å². The fraction of sp³-hybridized carbons (Fsp3) is 1.00. The van der Waals surface area contributed by atoms with E-state index < -0.39 is 0 Å². The predicted molar refractivity (Wildman–Crippen MR) is 81.2 cm³/mol. The fourth-order valence-corrected chi connectivity index (χ4v) is 5.38. The van der Waals surface area contributed by atoms with Crippen LogP contribution in [0.4, 0.5) is 0 Å². The highest BCUT2D eigenvalue weighted by atomic mass is 15.0. The van der Waals surface area contributed by atoms with Crippen molar-refractivity contribution in [3.8, 4) is 0 Å². The topological polar surface area (TPSA) is 24.1 Å². The SMILES string of the molecule is CC(C)NCC(C)NCC12CC3CC(CC(C3)C1)C2. The standard InChI is InChI=1S/C17H32N2/c1-12(2)18-10-13(3)19-11-17-7-14-4-15(8-17)6-16(5-14)9-17/h12-16,18-19H,4-11H2,1-3H3. The molecule has 1 unspecified atom stereocenters. The Morgan fingerprint density at radius 3 is 1.89 bits per heavy atom. The molecular formula is C17H32N2. The molecule has 0 heterocycles. The Balaban J connectivity index is 1.49. The molecule has 19 heavy (non-hydrogen) atoms. The van der Waals surface area contributed by atoms with Gasteiger partial charge in [-0.15, -0.1) is 0 Å². The summed E-state index contributed by atoms with van der Waals surface area (Å²) < 4.78 is 0. The van der Waals surface area contributed by atoms with Crippen LogP contribution in [0.15, 0.2) is 0 Å². The van der Waals surface area contributed by atoms with Crippen LogP contribution < -0.4 is 10.6 Å². The second-order valence-corrected chi connectivity index (χ2v) is 8.26. The first kappa shape index (κ1) is 13.9. The van der Waals surface area contributed by atoms with Crippen LogP contribution in [0.3, 0.4) is 0 Å². The van der Waals surface area contributed by atoms with Gasteiger partial charge in [0.25, 0.3) is 0 Å². The van der Waals surface area contributed by atoms with Crippen LogP contribution in [0.1, 0.15) is 59.3 Å². The summed E-state index contributed by atoms with van der Waals surface area (Å²) in [6.45, 7) is 9.16. The summed E-state index contributed by atoms with van der Waals surface area (Å²) in [6, 6.07) is 1.21. The molecule has 4 bridgehead atoms. The van der Waals surface area contributed by atoms with Crippen molar-refractivity contribution < 1.29 is 0 Å². The second-order valence-electron chi connectivity index (χ2n) is 8.26. The Morgan fingerprint density at radius 1 is 0.895 bits per heavy atom. The molecule has 2 nitrogen and oxygen atoms in total.